The van der Waals surface area contributed by atoms with E-state index in [1.165, 1.54) is 11.3 Å². The molecule has 0 unspecified atom stereocenters. The molecule has 2 aromatic heterocycles. The van der Waals surface area contributed by atoms with Gasteiger partial charge < -0.3 is 15.5 Å². The lowest BCUT2D eigenvalue weighted by Crippen LogP contribution is -2.38. The number of halogens is 5. The van der Waals surface area contributed by atoms with E-state index in [1.54, 1.807) is 24.0 Å². The SMILES string of the molecule is O=C(O)C(F)(F)F.O=C(O)[C@]1(Cc2cccc(Nc3nccs3)n2)CC[C@@H](Sc2cccc(Cl)c2Cl)CC1. The second-order valence-electron chi connectivity index (χ2n) is 8.41. The summed E-state index contributed by atoms with van der Waals surface area (Å²) in [6.07, 6.45) is -0.143. The van der Waals surface area contributed by atoms with Crippen LogP contribution in [0.5, 0.6) is 0 Å². The van der Waals surface area contributed by atoms with Gasteiger partial charge in [0.15, 0.2) is 5.13 Å². The average molecular weight is 608 g/mol. The molecule has 1 aromatic carbocycles. The molecule has 1 aliphatic rings. The van der Waals surface area contributed by atoms with Gasteiger partial charge in [-0.1, -0.05) is 35.3 Å². The van der Waals surface area contributed by atoms with Crippen molar-refractivity contribution in [1.82, 2.24) is 9.97 Å². The van der Waals surface area contributed by atoms with Gasteiger partial charge >= 0.3 is 18.1 Å². The summed E-state index contributed by atoms with van der Waals surface area (Å²) in [4.78, 5) is 31.0. The Morgan fingerprint density at radius 2 is 1.79 bits per heavy atom. The van der Waals surface area contributed by atoms with Crippen molar-refractivity contribution in [2.75, 3.05) is 5.32 Å². The molecule has 0 aliphatic heterocycles. The number of thiazole rings is 1. The third-order valence-electron chi connectivity index (χ3n) is 5.79. The average Bonchev–Trinajstić information content (AvgIpc) is 3.36. The Kier molecular flexibility index (Phi) is 10.3. The molecule has 3 aromatic rings. The van der Waals surface area contributed by atoms with Gasteiger partial charge in [0.1, 0.15) is 5.82 Å². The van der Waals surface area contributed by atoms with Crippen LogP contribution in [0.3, 0.4) is 0 Å². The summed E-state index contributed by atoms with van der Waals surface area (Å²) >= 11 is 15.6. The Bertz CT molecular complexity index is 1250. The highest BCUT2D eigenvalue weighted by atomic mass is 35.5. The molecule has 4 rings (SSSR count). The number of anilines is 2. The van der Waals surface area contributed by atoms with Crippen LogP contribution in [-0.4, -0.2) is 43.5 Å². The van der Waals surface area contributed by atoms with Crippen LogP contribution in [0.1, 0.15) is 31.4 Å². The van der Waals surface area contributed by atoms with Crippen molar-refractivity contribution in [2.45, 2.75) is 48.4 Å². The first-order valence-electron chi connectivity index (χ1n) is 11.2. The maximum absolute atomic E-state index is 12.3. The fraction of sp³-hybridized carbons (Fsp3) is 0.333. The van der Waals surface area contributed by atoms with Crippen LogP contribution in [0.2, 0.25) is 10.0 Å². The highest BCUT2D eigenvalue weighted by Crippen LogP contribution is 2.46. The third-order valence-corrected chi connectivity index (χ3v) is 8.81. The van der Waals surface area contributed by atoms with Crippen molar-refractivity contribution < 1.29 is 33.0 Å². The Labute approximate surface area is 234 Å². The molecule has 1 aliphatic carbocycles. The summed E-state index contributed by atoms with van der Waals surface area (Å²) in [5.41, 5.74) is -0.0323. The van der Waals surface area contributed by atoms with E-state index in [0.717, 1.165) is 28.6 Å². The second kappa shape index (κ2) is 13.0. The highest BCUT2D eigenvalue weighted by Gasteiger charge is 2.42. The molecule has 0 saturated heterocycles. The number of rotatable bonds is 7. The molecule has 0 spiro atoms. The molecule has 0 amide bonds. The van der Waals surface area contributed by atoms with Crippen LogP contribution in [0.25, 0.3) is 0 Å². The monoisotopic (exact) mass is 607 g/mol. The molecule has 3 N–H and O–H groups in total. The fourth-order valence-corrected chi connectivity index (χ4v) is 6.10. The number of benzene rings is 1. The van der Waals surface area contributed by atoms with Crippen molar-refractivity contribution in [1.29, 1.82) is 0 Å². The lowest BCUT2D eigenvalue weighted by atomic mass is 9.71. The molecule has 204 valence electrons. The molecule has 0 radical (unpaired) electrons. The number of carbonyl (C=O) groups is 2. The van der Waals surface area contributed by atoms with Crippen molar-refractivity contribution >= 4 is 69.2 Å². The Hall–Kier alpha value is -2.54. The molecule has 38 heavy (non-hydrogen) atoms. The van der Waals surface area contributed by atoms with E-state index < -0.39 is 23.5 Å². The van der Waals surface area contributed by atoms with Gasteiger partial charge in [-0.2, -0.15) is 13.2 Å². The van der Waals surface area contributed by atoms with E-state index in [-0.39, 0.29) is 0 Å². The molecule has 1 saturated carbocycles. The number of pyridine rings is 1. The number of hydrogen-bond donors (Lipinski definition) is 3. The molecule has 1 fully saturated rings. The normalized spacial score (nSPS) is 19.2. The van der Waals surface area contributed by atoms with Crippen molar-refractivity contribution in [3.05, 3.63) is 63.7 Å². The van der Waals surface area contributed by atoms with E-state index in [4.69, 9.17) is 33.1 Å². The minimum Gasteiger partial charge on any atom is -0.481 e. The number of nitrogens with zero attached hydrogens (tertiary/aromatic N) is 2. The van der Waals surface area contributed by atoms with Crippen LogP contribution >= 0.6 is 46.3 Å². The molecule has 14 heteroatoms. The lowest BCUT2D eigenvalue weighted by molar-refractivity contribution is -0.192. The van der Waals surface area contributed by atoms with E-state index in [0.29, 0.717) is 40.4 Å². The summed E-state index contributed by atoms with van der Waals surface area (Å²) in [5.74, 6) is -2.84. The largest absolute Gasteiger partial charge is 0.490 e. The first-order chi connectivity index (χ1) is 17.9. The number of aromatic nitrogens is 2. The van der Waals surface area contributed by atoms with Crippen molar-refractivity contribution in [2.24, 2.45) is 5.41 Å². The molecule has 0 bridgehead atoms. The van der Waals surface area contributed by atoms with Gasteiger partial charge in [0.2, 0.25) is 0 Å². The predicted molar refractivity (Wildman–Crippen MR) is 142 cm³/mol. The molecule has 2 heterocycles. The number of carboxylic acids is 2. The number of hydrogen-bond acceptors (Lipinski definition) is 7. The molecular formula is C24H22Cl2F3N3O4S2. The highest BCUT2D eigenvalue weighted by molar-refractivity contribution is 8.00. The summed E-state index contributed by atoms with van der Waals surface area (Å²) in [6.45, 7) is 0. The van der Waals surface area contributed by atoms with E-state index in [9.17, 15) is 23.1 Å². The van der Waals surface area contributed by atoms with E-state index >= 15 is 0 Å². The maximum Gasteiger partial charge on any atom is 0.490 e. The number of nitrogens with one attached hydrogen (secondary N) is 1. The van der Waals surface area contributed by atoms with Crippen LogP contribution in [0, 0.1) is 5.41 Å². The van der Waals surface area contributed by atoms with Crippen LogP contribution < -0.4 is 5.32 Å². The van der Waals surface area contributed by atoms with Crippen molar-refractivity contribution in [3.8, 4) is 0 Å². The minimum atomic E-state index is -5.08. The number of alkyl halides is 3. The Balaban J connectivity index is 0.000000505. The van der Waals surface area contributed by atoms with Gasteiger partial charge in [0.05, 0.1) is 15.5 Å². The summed E-state index contributed by atoms with van der Waals surface area (Å²) < 4.78 is 31.7. The quantitative estimate of drug-likeness (QED) is 0.252. The smallest absolute Gasteiger partial charge is 0.481 e. The zero-order chi connectivity index (χ0) is 27.9. The van der Waals surface area contributed by atoms with Crippen molar-refractivity contribution in [3.63, 3.8) is 0 Å². The first-order valence-corrected chi connectivity index (χ1v) is 13.7. The van der Waals surface area contributed by atoms with Gasteiger partial charge in [0, 0.05) is 33.8 Å². The van der Waals surface area contributed by atoms with E-state index in [2.05, 4.69) is 15.3 Å². The van der Waals surface area contributed by atoms with Crippen LogP contribution in [-0.2, 0) is 16.0 Å². The molecule has 0 atom stereocenters. The zero-order valence-corrected chi connectivity index (χ0v) is 22.7. The topological polar surface area (TPSA) is 112 Å². The van der Waals surface area contributed by atoms with Gasteiger partial charge in [-0.05, 0) is 49.9 Å². The number of carboxylic acid groups (broad SMARTS) is 2. The number of aliphatic carboxylic acids is 2. The minimum absolute atomic E-state index is 0.314. The zero-order valence-electron chi connectivity index (χ0n) is 19.5. The molecule has 7 nitrogen and oxygen atoms in total. The van der Waals surface area contributed by atoms with Gasteiger partial charge in [-0.3, -0.25) is 4.79 Å². The van der Waals surface area contributed by atoms with Crippen LogP contribution in [0.15, 0.2) is 52.9 Å². The Morgan fingerprint density at radius 1 is 1.13 bits per heavy atom. The predicted octanol–water partition coefficient (Wildman–Crippen LogP) is 7.57. The first kappa shape index (κ1) is 30.0. The fourth-order valence-electron chi connectivity index (χ4n) is 3.87. The lowest BCUT2D eigenvalue weighted by Gasteiger charge is -2.36. The van der Waals surface area contributed by atoms with Gasteiger partial charge in [0.25, 0.3) is 0 Å². The standard InChI is InChI=1S/C22H21Cl2N3O2S2.C2HF3O2/c23-16-4-2-5-17(19(16)24)31-15-7-9-22(10-8-15,20(28)29)13-14-3-1-6-18(26-14)27-21-25-11-12-30-21;3-2(4,5)1(6)7/h1-6,11-12,15H,7-10,13H2,(H,28,29)(H,25,26,27);(H,6,7)/t15-,22-;. The third kappa shape index (κ3) is 8.23. The van der Waals surface area contributed by atoms with E-state index in [1.807, 2.05) is 35.7 Å². The summed E-state index contributed by atoms with van der Waals surface area (Å²) in [5, 5.41) is 24.5. The summed E-state index contributed by atoms with van der Waals surface area (Å²) in [6, 6.07) is 11.3. The molecular weight excluding hydrogens is 586 g/mol. The Morgan fingerprint density at radius 3 is 2.37 bits per heavy atom. The number of thioether (sulfide) groups is 1. The van der Waals surface area contributed by atoms with Gasteiger partial charge in [-0.25, -0.2) is 14.8 Å². The second-order valence-corrected chi connectivity index (χ2v) is 11.4. The summed E-state index contributed by atoms with van der Waals surface area (Å²) in [7, 11) is 0. The van der Waals surface area contributed by atoms with Crippen LogP contribution in [0.4, 0.5) is 24.1 Å². The van der Waals surface area contributed by atoms with Gasteiger partial charge in [-0.15, -0.1) is 23.1 Å². The maximum atomic E-state index is 12.3.